The van der Waals surface area contributed by atoms with E-state index in [1.165, 1.54) is 5.57 Å². The maximum atomic E-state index is 12.9. The zero-order valence-corrected chi connectivity index (χ0v) is 17.6. The lowest BCUT2D eigenvalue weighted by molar-refractivity contribution is -0.132. The van der Waals surface area contributed by atoms with E-state index in [0.29, 0.717) is 36.5 Å². The summed E-state index contributed by atoms with van der Waals surface area (Å²) in [6.45, 7) is 5.29. The number of nitrogens with one attached hydrogen (secondary N) is 2. The number of allylic oxidation sites excluding steroid dienone is 1. The molecule has 4 aliphatic rings. The molecule has 6 heteroatoms. The van der Waals surface area contributed by atoms with Crippen LogP contribution in [0.4, 0.5) is 4.79 Å². The van der Waals surface area contributed by atoms with E-state index in [2.05, 4.69) is 24.5 Å². The van der Waals surface area contributed by atoms with Crippen molar-refractivity contribution in [3.63, 3.8) is 0 Å². The van der Waals surface area contributed by atoms with Gasteiger partial charge in [-0.15, -0.1) is 0 Å². The molecule has 160 valence electrons. The average molecular weight is 403 g/mol. The van der Waals surface area contributed by atoms with Crippen LogP contribution < -0.4 is 10.6 Å². The van der Waals surface area contributed by atoms with Gasteiger partial charge in [-0.05, 0) is 79.6 Å². The van der Waals surface area contributed by atoms with Gasteiger partial charge in [0.25, 0.3) is 0 Å². The Hall–Kier alpha value is -1.85. The molecule has 0 aromatic rings. The number of hydrogen-bond acceptors (Lipinski definition) is 3. The summed E-state index contributed by atoms with van der Waals surface area (Å²) in [6.07, 6.45) is 8.99. The second kappa shape index (κ2) is 7.44. The van der Waals surface area contributed by atoms with Gasteiger partial charge in [0, 0.05) is 25.4 Å². The van der Waals surface area contributed by atoms with E-state index in [4.69, 9.17) is 5.11 Å². The Morgan fingerprint density at radius 2 is 1.79 bits per heavy atom. The van der Waals surface area contributed by atoms with Crippen molar-refractivity contribution >= 4 is 17.8 Å². The van der Waals surface area contributed by atoms with Crippen molar-refractivity contribution in [1.82, 2.24) is 10.6 Å². The molecule has 0 bridgehead atoms. The number of carboxylic acid groups (broad SMARTS) is 1. The van der Waals surface area contributed by atoms with Crippen LogP contribution in [0.15, 0.2) is 11.6 Å². The number of ketones is 1. The van der Waals surface area contributed by atoms with Gasteiger partial charge in [-0.1, -0.05) is 19.4 Å². The molecular formula is C23H34N2O4. The minimum atomic E-state index is -1.06. The van der Waals surface area contributed by atoms with Crippen molar-refractivity contribution in [3.05, 3.63) is 11.6 Å². The van der Waals surface area contributed by atoms with Gasteiger partial charge >= 0.3 is 6.09 Å². The lowest BCUT2D eigenvalue weighted by Crippen LogP contribution is -2.52. The van der Waals surface area contributed by atoms with Gasteiger partial charge in [0.15, 0.2) is 5.78 Å². The first kappa shape index (κ1) is 20.4. The van der Waals surface area contributed by atoms with E-state index in [0.717, 1.165) is 44.9 Å². The molecule has 0 aliphatic heterocycles. The molecule has 0 saturated heterocycles. The monoisotopic (exact) mass is 402 g/mol. The van der Waals surface area contributed by atoms with Crippen molar-refractivity contribution in [2.45, 2.75) is 65.2 Å². The van der Waals surface area contributed by atoms with Gasteiger partial charge in [0.05, 0.1) is 0 Å². The third-order valence-corrected chi connectivity index (χ3v) is 8.98. The van der Waals surface area contributed by atoms with Crippen LogP contribution >= 0.6 is 0 Å². The fourth-order valence-corrected chi connectivity index (χ4v) is 7.47. The molecule has 0 radical (unpaired) electrons. The number of carbonyl (C=O) groups excluding carboxylic acids is 2. The summed E-state index contributed by atoms with van der Waals surface area (Å²) in [5, 5.41) is 13.9. The van der Waals surface area contributed by atoms with Crippen LogP contribution in [-0.4, -0.2) is 36.0 Å². The Kier molecular flexibility index (Phi) is 5.24. The molecule has 0 heterocycles. The van der Waals surface area contributed by atoms with Crippen molar-refractivity contribution in [3.8, 4) is 0 Å². The van der Waals surface area contributed by atoms with Crippen molar-refractivity contribution in [2.75, 3.05) is 13.1 Å². The lowest BCUT2D eigenvalue weighted by atomic mass is 9.47. The van der Waals surface area contributed by atoms with Crippen molar-refractivity contribution in [2.24, 2.45) is 34.5 Å². The highest BCUT2D eigenvalue weighted by molar-refractivity contribution is 5.91. The molecular weight excluding hydrogens is 368 g/mol. The highest BCUT2D eigenvalue weighted by Crippen LogP contribution is 2.66. The molecule has 1 unspecified atom stereocenters. The Bertz CT molecular complexity index is 747. The van der Waals surface area contributed by atoms with E-state index in [-0.39, 0.29) is 29.2 Å². The summed E-state index contributed by atoms with van der Waals surface area (Å²) in [6, 6.07) is 0. The molecule has 3 fully saturated rings. The van der Waals surface area contributed by atoms with E-state index in [1.54, 1.807) is 0 Å². The first-order valence-corrected chi connectivity index (χ1v) is 11.2. The first-order chi connectivity index (χ1) is 13.8. The van der Waals surface area contributed by atoms with Crippen LogP contribution in [0.3, 0.4) is 0 Å². The highest BCUT2D eigenvalue weighted by atomic mass is 16.4. The third-order valence-electron chi connectivity index (χ3n) is 8.98. The SMILES string of the molecule is C[C@]12CCC(=O)C=C1CC[C@@H]1[C@H]2CC[C@]2(C)C(C(=O)NCCNC(=O)O)CC[C@@H]12. The van der Waals surface area contributed by atoms with Crippen LogP contribution in [0.2, 0.25) is 0 Å². The van der Waals surface area contributed by atoms with Gasteiger partial charge < -0.3 is 15.7 Å². The Balaban J connectivity index is 1.46. The van der Waals surface area contributed by atoms with Crippen LogP contribution in [0, 0.1) is 34.5 Å². The van der Waals surface area contributed by atoms with Gasteiger partial charge in [0.1, 0.15) is 0 Å². The van der Waals surface area contributed by atoms with Crippen LogP contribution in [-0.2, 0) is 9.59 Å². The van der Waals surface area contributed by atoms with E-state index in [1.807, 2.05) is 6.08 Å². The standard InChI is InChI=1S/C23H34N2O4/c1-22-9-7-15(26)13-14(22)3-4-16-17-5-6-19(23(17,2)10-8-18(16)22)20(27)24-11-12-25-21(28)29/h13,16-19,25H,3-12H2,1-2H3,(H,24,27)(H,28,29)/t16-,17-,18+,19?,22-,23-/m0/s1. The van der Waals surface area contributed by atoms with Crippen molar-refractivity contribution in [1.29, 1.82) is 0 Å². The summed E-state index contributed by atoms with van der Waals surface area (Å²) in [7, 11) is 0. The maximum absolute atomic E-state index is 12.9. The number of hydrogen-bond donors (Lipinski definition) is 3. The normalized spacial score (nSPS) is 40.9. The molecule has 0 spiro atoms. The molecule has 2 amide bonds. The Labute approximate surface area is 172 Å². The molecule has 4 aliphatic carbocycles. The van der Waals surface area contributed by atoms with E-state index in [9.17, 15) is 14.4 Å². The minimum absolute atomic E-state index is 0.0240. The van der Waals surface area contributed by atoms with Crippen LogP contribution in [0.25, 0.3) is 0 Å². The summed E-state index contributed by atoms with van der Waals surface area (Å²) in [4.78, 5) is 35.4. The summed E-state index contributed by atoms with van der Waals surface area (Å²) < 4.78 is 0. The summed E-state index contributed by atoms with van der Waals surface area (Å²) in [5.41, 5.74) is 1.59. The number of carbonyl (C=O) groups is 3. The largest absolute Gasteiger partial charge is 0.465 e. The molecule has 4 rings (SSSR count). The predicted molar refractivity (Wildman–Crippen MR) is 109 cm³/mol. The average Bonchev–Trinajstić information content (AvgIpc) is 3.03. The smallest absolute Gasteiger partial charge is 0.404 e. The first-order valence-electron chi connectivity index (χ1n) is 11.2. The molecule has 3 saturated carbocycles. The molecule has 29 heavy (non-hydrogen) atoms. The van der Waals surface area contributed by atoms with Gasteiger partial charge in [0.2, 0.25) is 5.91 Å². The number of amides is 2. The highest BCUT2D eigenvalue weighted by Gasteiger charge is 2.60. The van der Waals surface area contributed by atoms with Gasteiger partial charge in [-0.2, -0.15) is 0 Å². The van der Waals surface area contributed by atoms with Crippen LogP contribution in [0.5, 0.6) is 0 Å². The maximum Gasteiger partial charge on any atom is 0.404 e. The Morgan fingerprint density at radius 3 is 2.55 bits per heavy atom. The molecule has 0 aromatic carbocycles. The van der Waals surface area contributed by atoms with Gasteiger partial charge in [-0.3, -0.25) is 9.59 Å². The summed E-state index contributed by atoms with van der Waals surface area (Å²) >= 11 is 0. The fourth-order valence-electron chi connectivity index (χ4n) is 7.47. The second-order valence-corrected chi connectivity index (χ2v) is 10.2. The lowest BCUT2D eigenvalue weighted by Gasteiger charge is -2.58. The van der Waals surface area contributed by atoms with E-state index >= 15 is 0 Å². The second-order valence-electron chi connectivity index (χ2n) is 10.2. The number of rotatable bonds is 4. The zero-order chi connectivity index (χ0) is 20.8. The molecule has 6 atom stereocenters. The zero-order valence-electron chi connectivity index (χ0n) is 17.6. The van der Waals surface area contributed by atoms with Crippen LogP contribution in [0.1, 0.15) is 65.2 Å². The predicted octanol–water partition coefficient (Wildman–Crippen LogP) is 3.52. The number of fused-ring (bicyclic) bond motifs is 5. The molecule has 0 aromatic heterocycles. The summed E-state index contributed by atoms with van der Waals surface area (Å²) in [5.74, 6) is 2.27. The minimum Gasteiger partial charge on any atom is -0.465 e. The van der Waals surface area contributed by atoms with E-state index < -0.39 is 6.09 Å². The van der Waals surface area contributed by atoms with Gasteiger partial charge in [-0.25, -0.2) is 4.79 Å². The quantitative estimate of drug-likeness (QED) is 0.627. The topological polar surface area (TPSA) is 95.5 Å². The van der Waals surface area contributed by atoms with Crippen molar-refractivity contribution < 1.29 is 19.5 Å². The molecule has 6 nitrogen and oxygen atoms in total. The molecule has 3 N–H and O–H groups in total. The fraction of sp³-hybridized carbons (Fsp3) is 0.783. The third kappa shape index (κ3) is 3.38. The Morgan fingerprint density at radius 1 is 1.03 bits per heavy atom.